The van der Waals surface area contributed by atoms with Crippen LogP contribution in [0.15, 0.2) is 57.8 Å². The molecule has 0 spiro atoms. The molecule has 1 aliphatic heterocycles. The SMILES string of the molecule is O=C(O)CCc1ccc(S(=O)(=O)Nc2c(C(=O)N3CCOCC3)oc3ccccc23)cc1. The van der Waals surface area contributed by atoms with Crippen LogP contribution in [0.1, 0.15) is 22.5 Å². The molecule has 0 unspecified atom stereocenters. The standard InChI is InChI=1S/C22H22N2O7S/c25-19(26)10-7-15-5-8-16(9-6-15)32(28,29)23-20-17-3-1-2-4-18(17)31-21(20)22(27)24-11-13-30-14-12-24/h1-6,8-9,23H,7,10-14H2,(H,25,26). The number of nitrogens with one attached hydrogen (secondary N) is 1. The number of aryl methyl sites for hydroxylation is 1. The highest BCUT2D eigenvalue weighted by atomic mass is 32.2. The minimum atomic E-state index is -4.03. The number of amides is 1. The number of fused-ring (bicyclic) bond motifs is 1. The van der Waals surface area contributed by atoms with E-state index in [9.17, 15) is 18.0 Å². The number of hydrogen-bond acceptors (Lipinski definition) is 6. The van der Waals surface area contributed by atoms with Crippen molar-refractivity contribution in [3.8, 4) is 0 Å². The molecule has 1 saturated heterocycles. The molecule has 10 heteroatoms. The molecule has 0 radical (unpaired) electrons. The molecule has 1 fully saturated rings. The summed E-state index contributed by atoms with van der Waals surface area (Å²) in [5, 5.41) is 9.28. The molecule has 2 N–H and O–H groups in total. The van der Waals surface area contributed by atoms with Crippen LogP contribution in [0.4, 0.5) is 5.69 Å². The summed E-state index contributed by atoms with van der Waals surface area (Å²) >= 11 is 0. The zero-order valence-corrected chi connectivity index (χ0v) is 17.9. The van der Waals surface area contributed by atoms with Crippen LogP contribution in [0.25, 0.3) is 11.0 Å². The van der Waals surface area contributed by atoms with E-state index >= 15 is 0 Å². The van der Waals surface area contributed by atoms with Crippen LogP contribution in [0.5, 0.6) is 0 Å². The van der Waals surface area contributed by atoms with Crippen LogP contribution in [0.3, 0.4) is 0 Å². The van der Waals surface area contributed by atoms with Gasteiger partial charge in [-0.2, -0.15) is 0 Å². The normalized spacial score (nSPS) is 14.4. The Morgan fingerprint density at radius 3 is 2.41 bits per heavy atom. The molecule has 0 bridgehead atoms. The number of ether oxygens (including phenoxy) is 1. The van der Waals surface area contributed by atoms with Gasteiger partial charge in [0.15, 0.2) is 0 Å². The number of morpholine rings is 1. The second kappa shape index (κ2) is 9.01. The number of benzene rings is 2. The molecule has 3 aromatic rings. The average molecular weight is 458 g/mol. The number of carboxylic acid groups (broad SMARTS) is 1. The summed E-state index contributed by atoms with van der Waals surface area (Å²) in [5.41, 5.74) is 1.20. The second-order valence-electron chi connectivity index (χ2n) is 7.35. The molecule has 168 valence electrons. The Hall–Kier alpha value is -3.37. The third kappa shape index (κ3) is 4.61. The van der Waals surface area contributed by atoms with Crippen LogP contribution in [0.2, 0.25) is 0 Å². The molecular weight excluding hydrogens is 436 g/mol. The highest BCUT2D eigenvalue weighted by Gasteiger charge is 2.29. The third-order valence-corrected chi connectivity index (χ3v) is 6.55. The van der Waals surface area contributed by atoms with Gasteiger partial charge < -0.3 is 19.2 Å². The lowest BCUT2D eigenvalue weighted by Crippen LogP contribution is -2.40. The van der Waals surface area contributed by atoms with Crippen LogP contribution in [0, 0.1) is 0 Å². The number of carboxylic acids is 1. The van der Waals surface area contributed by atoms with Crippen molar-refractivity contribution in [2.75, 3.05) is 31.0 Å². The highest BCUT2D eigenvalue weighted by molar-refractivity contribution is 7.92. The fraction of sp³-hybridized carbons (Fsp3) is 0.273. The Bertz CT molecular complexity index is 1240. The number of sulfonamides is 1. The molecule has 0 aliphatic carbocycles. The Kier molecular flexibility index (Phi) is 6.15. The molecule has 1 amide bonds. The minimum absolute atomic E-state index is 0.00775. The van der Waals surface area contributed by atoms with E-state index in [1.54, 1.807) is 41.3 Å². The van der Waals surface area contributed by atoms with Crippen molar-refractivity contribution in [2.45, 2.75) is 17.7 Å². The van der Waals surface area contributed by atoms with Gasteiger partial charge >= 0.3 is 5.97 Å². The van der Waals surface area contributed by atoms with E-state index in [1.165, 1.54) is 12.1 Å². The summed E-state index contributed by atoms with van der Waals surface area (Å²) in [5.74, 6) is -1.41. The highest BCUT2D eigenvalue weighted by Crippen LogP contribution is 2.33. The quantitative estimate of drug-likeness (QED) is 0.557. The molecule has 9 nitrogen and oxygen atoms in total. The van der Waals surface area contributed by atoms with Gasteiger partial charge in [0.1, 0.15) is 11.3 Å². The van der Waals surface area contributed by atoms with Crippen LogP contribution < -0.4 is 4.72 Å². The number of carbonyl (C=O) groups excluding carboxylic acids is 1. The van der Waals surface area contributed by atoms with Crippen molar-refractivity contribution < 1.29 is 32.3 Å². The number of aliphatic carboxylic acids is 1. The number of carbonyl (C=O) groups is 2. The lowest BCUT2D eigenvalue weighted by molar-refractivity contribution is -0.136. The van der Waals surface area contributed by atoms with E-state index in [-0.39, 0.29) is 22.8 Å². The largest absolute Gasteiger partial charge is 0.481 e. The Morgan fingerprint density at radius 2 is 1.72 bits per heavy atom. The molecule has 0 atom stereocenters. The maximum atomic E-state index is 13.1. The van der Waals surface area contributed by atoms with Crippen LogP contribution in [-0.2, 0) is 26.0 Å². The van der Waals surface area contributed by atoms with Crippen molar-refractivity contribution >= 4 is 38.6 Å². The first kappa shape index (κ1) is 21.8. The second-order valence-corrected chi connectivity index (χ2v) is 9.03. The predicted molar refractivity (Wildman–Crippen MR) is 116 cm³/mol. The maximum absolute atomic E-state index is 13.1. The lowest BCUT2D eigenvalue weighted by atomic mass is 10.1. The molecule has 32 heavy (non-hydrogen) atoms. The topological polar surface area (TPSA) is 126 Å². The third-order valence-electron chi connectivity index (χ3n) is 5.19. The van der Waals surface area contributed by atoms with Crippen molar-refractivity contribution in [3.05, 3.63) is 59.9 Å². The number of para-hydroxylation sites is 1. The van der Waals surface area contributed by atoms with Crippen LogP contribution >= 0.6 is 0 Å². The van der Waals surface area contributed by atoms with Gasteiger partial charge in [-0.15, -0.1) is 0 Å². The van der Waals surface area contributed by atoms with Gasteiger partial charge in [-0.1, -0.05) is 24.3 Å². The van der Waals surface area contributed by atoms with Crippen LogP contribution in [-0.4, -0.2) is 56.6 Å². The van der Waals surface area contributed by atoms with Gasteiger partial charge in [-0.25, -0.2) is 8.42 Å². The van der Waals surface area contributed by atoms with E-state index < -0.39 is 21.9 Å². The zero-order valence-electron chi connectivity index (χ0n) is 17.1. The summed E-state index contributed by atoms with van der Waals surface area (Å²) in [6, 6.07) is 12.8. The maximum Gasteiger partial charge on any atom is 0.303 e. The molecule has 2 aromatic carbocycles. The van der Waals surface area contributed by atoms with Gasteiger partial charge in [0.05, 0.1) is 18.1 Å². The van der Waals surface area contributed by atoms with Crippen molar-refractivity contribution in [3.63, 3.8) is 0 Å². The van der Waals surface area contributed by atoms with Gasteiger partial charge in [-0.05, 0) is 36.2 Å². The van der Waals surface area contributed by atoms with Gasteiger partial charge in [0, 0.05) is 24.9 Å². The monoisotopic (exact) mass is 458 g/mol. The molecule has 1 aliphatic rings. The number of rotatable bonds is 7. The fourth-order valence-electron chi connectivity index (χ4n) is 3.49. The lowest BCUT2D eigenvalue weighted by Gasteiger charge is -2.26. The number of nitrogens with zero attached hydrogens (tertiary/aromatic N) is 1. The van der Waals surface area contributed by atoms with E-state index in [1.807, 2.05) is 0 Å². The Labute approximate surface area is 184 Å². The Morgan fingerprint density at radius 1 is 1.03 bits per heavy atom. The van der Waals surface area contributed by atoms with Crippen molar-refractivity contribution in [2.24, 2.45) is 0 Å². The van der Waals surface area contributed by atoms with Gasteiger partial charge in [-0.3, -0.25) is 14.3 Å². The van der Waals surface area contributed by atoms with Crippen molar-refractivity contribution in [1.82, 2.24) is 4.90 Å². The predicted octanol–water partition coefficient (Wildman–Crippen LogP) is 2.72. The zero-order chi connectivity index (χ0) is 22.7. The first-order valence-corrected chi connectivity index (χ1v) is 11.6. The number of furan rings is 1. The molecule has 1 aromatic heterocycles. The van der Waals surface area contributed by atoms with Gasteiger partial charge in [0.25, 0.3) is 15.9 Å². The summed E-state index contributed by atoms with van der Waals surface area (Å²) in [6.45, 7) is 1.59. The minimum Gasteiger partial charge on any atom is -0.481 e. The first-order chi connectivity index (χ1) is 15.3. The average Bonchev–Trinajstić information content (AvgIpc) is 3.16. The van der Waals surface area contributed by atoms with E-state index in [2.05, 4.69) is 4.72 Å². The van der Waals surface area contributed by atoms with Crippen molar-refractivity contribution in [1.29, 1.82) is 0 Å². The van der Waals surface area contributed by atoms with E-state index in [0.717, 1.165) is 0 Å². The fourth-order valence-corrected chi connectivity index (χ4v) is 4.57. The Balaban J connectivity index is 1.65. The summed E-state index contributed by atoms with van der Waals surface area (Å²) in [4.78, 5) is 25.4. The van der Waals surface area contributed by atoms with E-state index in [4.69, 9.17) is 14.3 Å². The summed E-state index contributed by atoms with van der Waals surface area (Å²) in [6.07, 6.45) is 0.256. The molecule has 4 rings (SSSR count). The molecular formula is C22H22N2O7S. The summed E-state index contributed by atoms with van der Waals surface area (Å²) < 4.78 is 39.7. The summed E-state index contributed by atoms with van der Waals surface area (Å²) in [7, 11) is -4.03. The number of hydrogen-bond donors (Lipinski definition) is 2. The first-order valence-electron chi connectivity index (χ1n) is 10.1. The van der Waals surface area contributed by atoms with Gasteiger partial charge in [0.2, 0.25) is 5.76 Å². The smallest absolute Gasteiger partial charge is 0.303 e. The molecule has 0 saturated carbocycles. The van der Waals surface area contributed by atoms with E-state index in [0.29, 0.717) is 49.3 Å². The molecule has 2 heterocycles. The number of anilines is 1.